The zero-order valence-corrected chi connectivity index (χ0v) is 21.5. The molecule has 2 aliphatic rings. The molecule has 1 radical (unpaired) electrons. The van der Waals surface area contributed by atoms with Crippen molar-refractivity contribution in [3.8, 4) is 5.75 Å². The van der Waals surface area contributed by atoms with Gasteiger partial charge in [0.2, 0.25) is 11.7 Å². The number of carbonyl (C=O) groups excluding carboxylic acids is 3. The fourth-order valence-corrected chi connectivity index (χ4v) is 5.37. The van der Waals surface area contributed by atoms with Gasteiger partial charge in [-0.2, -0.15) is 9.90 Å². The van der Waals surface area contributed by atoms with Crippen LogP contribution in [0.4, 0.5) is 10.5 Å². The number of nitro groups is 1. The molecule has 0 spiro atoms. The lowest BCUT2D eigenvalue weighted by atomic mass is 10.0. The molecule has 2 aliphatic heterocycles. The van der Waals surface area contributed by atoms with Crippen molar-refractivity contribution in [1.29, 1.82) is 0 Å². The smallest absolute Gasteiger partial charge is 0.448 e. The van der Waals surface area contributed by atoms with E-state index >= 15 is 0 Å². The predicted molar refractivity (Wildman–Crippen MR) is 141 cm³/mol. The van der Waals surface area contributed by atoms with Crippen LogP contribution in [0, 0.1) is 10.1 Å². The number of hydrogen-bond donors (Lipinski definition) is 0. The van der Waals surface area contributed by atoms with Crippen LogP contribution in [0.15, 0.2) is 96.7 Å². The fraction of sp³-hybridized carbons (Fsp3) is 0.179. The fourth-order valence-electron chi connectivity index (χ4n) is 4.08. The van der Waals surface area contributed by atoms with Gasteiger partial charge in [-0.1, -0.05) is 72.8 Å². The topological polar surface area (TPSA) is 136 Å². The normalized spacial score (nSPS) is 17.5. The van der Waals surface area contributed by atoms with Crippen molar-refractivity contribution in [1.82, 2.24) is 4.90 Å². The van der Waals surface area contributed by atoms with E-state index in [1.54, 1.807) is 16.7 Å². The summed E-state index contributed by atoms with van der Waals surface area (Å²) < 4.78 is 9.97. The van der Waals surface area contributed by atoms with Crippen LogP contribution in [-0.4, -0.2) is 38.5 Å². The van der Waals surface area contributed by atoms with Crippen molar-refractivity contribution < 1.29 is 33.9 Å². The maximum Gasteiger partial charge on any atom is 0.555 e. The monoisotopic (exact) mass is 547 g/mol. The van der Waals surface area contributed by atoms with E-state index in [1.807, 2.05) is 73.7 Å². The number of thioether (sulfide) groups is 1. The highest BCUT2D eigenvalue weighted by Gasteiger charge is 2.45. The summed E-state index contributed by atoms with van der Waals surface area (Å²) >= 11 is 1.69. The number of nitrogens with zero attached hydrogens (tertiary/aromatic N) is 2. The first-order chi connectivity index (χ1) is 18.7. The van der Waals surface area contributed by atoms with Crippen molar-refractivity contribution in [2.75, 3.05) is 0 Å². The molecule has 11 heteroatoms. The van der Waals surface area contributed by atoms with E-state index in [1.165, 1.54) is 18.2 Å². The van der Waals surface area contributed by atoms with Gasteiger partial charge < -0.3 is 9.47 Å². The molecule has 0 aromatic heterocycles. The van der Waals surface area contributed by atoms with E-state index in [0.717, 1.165) is 17.2 Å². The molecule has 1 unspecified atom stereocenters. The van der Waals surface area contributed by atoms with Gasteiger partial charge in [0.15, 0.2) is 6.10 Å². The Bertz CT molecular complexity index is 1360. The van der Waals surface area contributed by atoms with E-state index in [-0.39, 0.29) is 22.3 Å². The number of esters is 1. The molecule has 10 nitrogen and oxygen atoms in total. The Kier molecular flexibility index (Phi) is 8.62. The largest absolute Gasteiger partial charge is 0.555 e. The Morgan fingerprint density at radius 3 is 2.08 bits per heavy atom. The number of benzene rings is 3. The molecule has 2 atom stereocenters. The quantitative estimate of drug-likeness (QED) is 0.131. The lowest BCUT2D eigenvalue weighted by Crippen LogP contribution is -2.54. The maximum atomic E-state index is 12.9. The van der Waals surface area contributed by atoms with Crippen LogP contribution >= 0.6 is 11.8 Å². The zero-order valence-electron chi connectivity index (χ0n) is 20.7. The maximum absolute atomic E-state index is 12.9. The van der Waals surface area contributed by atoms with Crippen molar-refractivity contribution in [2.24, 2.45) is 0 Å². The highest BCUT2D eigenvalue weighted by atomic mass is 32.2. The molecule has 0 saturated carbocycles. The first-order valence-corrected chi connectivity index (χ1v) is 12.8. The van der Waals surface area contributed by atoms with E-state index in [0.29, 0.717) is 12.1 Å². The summed E-state index contributed by atoms with van der Waals surface area (Å²) in [5.74, 6) is -0.811. The van der Waals surface area contributed by atoms with E-state index in [9.17, 15) is 29.6 Å². The minimum absolute atomic E-state index is 0.0198. The molecule has 1 fully saturated rings. The second-order valence-corrected chi connectivity index (χ2v) is 10.1. The highest BCUT2D eigenvalue weighted by molar-refractivity contribution is 8.00. The summed E-state index contributed by atoms with van der Waals surface area (Å²) in [6, 6.07) is 24.5. The van der Waals surface area contributed by atoms with Crippen molar-refractivity contribution in [2.45, 2.75) is 30.1 Å². The van der Waals surface area contributed by atoms with E-state index in [4.69, 9.17) is 4.74 Å². The Hall–Kier alpha value is -4.64. The number of nitro benzene ring substituents is 1. The summed E-state index contributed by atoms with van der Waals surface area (Å²) in [5.41, 5.74) is 1.76. The number of β-lactam (4-membered cyclic amide) rings is 1. The second kappa shape index (κ2) is 12.3. The molecule has 39 heavy (non-hydrogen) atoms. The van der Waals surface area contributed by atoms with Gasteiger partial charge >= 0.3 is 17.8 Å². The summed E-state index contributed by atoms with van der Waals surface area (Å²) in [5, 5.41) is 20.5. The van der Waals surface area contributed by atoms with Crippen LogP contribution < -0.4 is 4.74 Å². The molecular formula is C28H23N2O8S. The SMILES string of the molecule is CC1C=C(C(=O)OC(c2ccccc2)c2ccccc2)N2C(=O)C[C@H]2S1.[O]C(=O)Oc1ccccc1[N+](=O)[O-]. The number of rotatable bonds is 6. The molecule has 0 aliphatic carbocycles. The third-order valence-corrected chi connectivity index (χ3v) is 7.08. The number of amides is 1. The lowest BCUT2D eigenvalue weighted by molar-refractivity contribution is -0.385. The standard InChI is InChI=1S/C21H19NO3S.C7H4NO5/c1-14-12-17(22-18(23)13-19(22)26-14)21(24)25-20(15-8-4-2-5-9-15)16-10-6-3-7-11-16;9-7(10)13-6-4-2-1-3-5(6)8(11)12/h2-12,14,19-20H,13H2,1H3;1-4H/t14?,19-;/m1./s1. The Balaban J connectivity index is 0.000000229. The zero-order chi connectivity index (χ0) is 27.9. The van der Waals surface area contributed by atoms with Gasteiger partial charge in [0.05, 0.1) is 16.7 Å². The first kappa shape index (κ1) is 27.4. The molecule has 3 aromatic carbocycles. The molecule has 0 bridgehead atoms. The van der Waals surface area contributed by atoms with Crippen LogP contribution in [0.2, 0.25) is 0 Å². The van der Waals surface area contributed by atoms with Crippen molar-refractivity contribution in [3.63, 3.8) is 0 Å². The van der Waals surface area contributed by atoms with Crippen LogP contribution in [0.5, 0.6) is 5.75 Å². The summed E-state index contributed by atoms with van der Waals surface area (Å²) in [6.07, 6.45) is -0.0200. The molecule has 0 N–H and O–H groups in total. The average molecular weight is 548 g/mol. The number of hydrogen-bond acceptors (Lipinski definition) is 8. The van der Waals surface area contributed by atoms with Crippen LogP contribution in [0.1, 0.15) is 30.6 Å². The molecule has 199 valence electrons. The number of carbonyl (C=O) groups is 3. The first-order valence-electron chi connectivity index (χ1n) is 11.9. The Labute approximate surface area is 228 Å². The summed E-state index contributed by atoms with van der Waals surface area (Å²) in [4.78, 5) is 46.1. The van der Waals surface area contributed by atoms with E-state index < -0.39 is 28.8 Å². The molecule has 5 rings (SSSR count). The molecule has 1 saturated heterocycles. The number of para-hydroxylation sites is 2. The highest BCUT2D eigenvalue weighted by Crippen LogP contribution is 2.41. The number of fused-ring (bicyclic) bond motifs is 1. The third-order valence-electron chi connectivity index (χ3n) is 5.82. The minimum Gasteiger partial charge on any atom is -0.448 e. The van der Waals surface area contributed by atoms with Gasteiger partial charge in [0.25, 0.3) is 0 Å². The second-order valence-electron chi connectivity index (χ2n) is 8.50. The van der Waals surface area contributed by atoms with Crippen LogP contribution in [-0.2, 0) is 19.4 Å². The van der Waals surface area contributed by atoms with Gasteiger partial charge in [-0.05, 0) is 30.2 Å². The summed E-state index contributed by atoms with van der Waals surface area (Å²) in [7, 11) is 0. The van der Waals surface area contributed by atoms with E-state index in [2.05, 4.69) is 4.74 Å². The number of ether oxygens (including phenoxy) is 2. The van der Waals surface area contributed by atoms with Gasteiger partial charge in [0, 0.05) is 11.3 Å². The van der Waals surface area contributed by atoms with Crippen LogP contribution in [0.25, 0.3) is 0 Å². The summed E-state index contributed by atoms with van der Waals surface area (Å²) in [6.45, 7) is 2.03. The lowest BCUT2D eigenvalue weighted by Gasteiger charge is -2.44. The minimum atomic E-state index is -1.82. The Morgan fingerprint density at radius 2 is 1.54 bits per heavy atom. The van der Waals surface area contributed by atoms with Gasteiger partial charge in [-0.3, -0.25) is 19.8 Å². The van der Waals surface area contributed by atoms with Crippen molar-refractivity contribution >= 4 is 35.5 Å². The molecule has 3 aromatic rings. The predicted octanol–water partition coefficient (Wildman–Crippen LogP) is 5.42. The van der Waals surface area contributed by atoms with Crippen molar-refractivity contribution in [3.05, 3.63) is 118 Å². The van der Waals surface area contributed by atoms with Gasteiger partial charge in [0.1, 0.15) is 5.70 Å². The third kappa shape index (κ3) is 6.63. The molecule has 1 amide bonds. The van der Waals surface area contributed by atoms with Gasteiger partial charge in [-0.25, -0.2) is 4.79 Å². The van der Waals surface area contributed by atoms with Gasteiger partial charge in [-0.15, -0.1) is 11.8 Å². The average Bonchev–Trinajstić information content (AvgIpc) is 2.92. The Morgan fingerprint density at radius 1 is 0.974 bits per heavy atom. The molecule has 2 heterocycles. The van der Waals surface area contributed by atoms with Crippen LogP contribution in [0.3, 0.4) is 0 Å². The molecular weight excluding hydrogens is 524 g/mol.